The largest absolute Gasteiger partial charge is 0.493 e. The average molecular weight is 389 g/mol. The second-order valence-electron chi connectivity index (χ2n) is 6.86. The Balaban J connectivity index is 2.16. The fraction of sp³-hybridized carbons (Fsp3) is 0.240. The number of fused-ring (bicyclic) bond motifs is 1. The van der Waals surface area contributed by atoms with Gasteiger partial charge in [-0.25, -0.2) is 4.98 Å². The molecule has 3 rings (SSSR count). The molecule has 1 aliphatic carbocycles. The quantitative estimate of drug-likeness (QED) is 0.721. The second-order valence-corrected chi connectivity index (χ2v) is 6.86. The zero-order valence-corrected chi connectivity index (χ0v) is 17.2. The number of allylic oxidation sites excluding steroid dienone is 9. The normalized spacial score (nSPS) is 19.3. The summed E-state index contributed by atoms with van der Waals surface area (Å²) in [6, 6.07) is 3.86. The number of rotatable bonds is 5. The lowest BCUT2D eigenvalue weighted by atomic mass is 9.95. The Morgan fingerprint density at radius 1 is 1.03 bits per heavy atom. The van der Waals surface area contributed by atoms with Crippen LogP contribution in [-0.2, 0) is 12.8 Å². The monoisotopic (exact) mass is 389 g/mol. The molecule has 0 amide bonds. The lowest BCUT2D eigenvalue weighted by Gasteiger charge is -2.16. The number of aromatic nitrogens is 1. The summed E-state index contributed by atoms with van der Waals surface area (Å²) in [7, 11) is 3.23. The van der Waals surface area contributed by atoms with Gasteiger partial charge in [0.2, 0.25) is 5.88 Å². The van der Waals surface area contributed by atoms with Crippen molar-refractivity contribution in [3.8, 4) is 17.4 Å². The smallest absolute Gasteiger partial charge is 0.215 e. The number of hydrogen-bond acceptors (Lipinski definition) is 4. The Bertz CT molecular complexity index is 1040. The number of methoxy groups -OCH3 is 2. The van der Waals surface area contributed by atoms with Crippen LogP contribution in [0.1, 0.15) is 24.6 Å². The Morgan fingerprint density at radius 3 is 2.45 bits per heavy atom. The maximum atomic E-state index is 10.8. The van der Waals surface area contributed by atoms with Crippen LogP contribution in [0.15, 0.2) is 72.4 Å². The lowest BCUT2D eigenvalue weighted by Crippen LogP contribution is -2.00. The summed E-state index contributed by atoms with van der Waals surface area (Å²) in [6.07, 6.45) is 16.4. The van der Waals surface area contributed by atoms with E-state index in [2.05, 4.69) is 29.8 Å². The summed E-state index contributed by atoms with van der Waals surface area (Å²) < 4.78 is 11.0. The Kier molecular flexibility index (Phi) is 6.55. The van der Waals surface area contributed by atoms with Crippen molar-refractivity contribution >= 4 is 10.8 Å². The van der Waals surface area contributed by atoms with E-state index in [1.165, 1.54) is 0 Å². The third kappa shape index (κ3) is 4.60. The van der Waals surface area contributed by atoms with Crippen molar-refractivity contribution in [1.29, 1.82) is 0 Å². The summed E-state index contributed by atoms with van der Waals surface area (Å²) >= 11 is 0. The number of pyridine rings is 1. The standard InChI is InChI=1S/C25H27NO3/c1-5-22-20-16-24(29-4)23(28-3)15-19(20)21(25(27)26-22)14-18-12-10-8-6-7-9-11-17(2)13-18/h6-7,9-13,15-16H,2,5,8,14H2,1,3-4H3,(H,26,27)/b7-6-,11-9-,12-10-,18-13+. The van der Waals surface area contributed by atoms with E-state index in [1.54, 1.807) is 14.2 Å². The lowest BCUT2D eigenvalue weighted by molar-refractivity contribution is 0.355. The van der Waals surface area contributed by atoms with Crippen LogP contribution < -0.4 is 9.47 Å². The van der Waals surface area contributed by atoms with Crippen molar-refractivity contribution in [1.82, 2.24) is 4.98 Å². The maximum Gasteiger partial charge on any atom is 0.215 e. The van der Waals surface area contributed by atoms with Crippen molar-refractivity contribution in [3.05, 3.63) is 83.6 Å². The number of hydrogen-bond donors (Lipinski definition) is 1. The van der Waals surface area contributed by atoms with Gasteiger partial charge in [-0.2, -0.15) is 0 Å². The number of benzene rings is 1. The molecule has 0 saturated carbocycles. The Morgan fingerprint density at radius 2 is 1.76 bits per heavy atom. The van der Waals surface area contributed by atoms with Gasteiger partial charge >= 0.3 is 0 Å². The first-order valence-corrected chi connectivity index (χ1v) is 9.73. The summed E-state index contributed by atoms with van der Waals surface area (Å²) in [5, 5.41) is 12.6. The molecule has 0 fully saturated rings. The van der Waals surface area contributed by atoms with Crippen LogP contribution in [-0.4, -0.2) is 24.3 Å². The predicted molar refractivity (Wildman–Crippen MR) is 119 cm³/mol. The van der Waals surface area contributed by atoms with Gasteiger partial charge < -0.3 is 14.6 Å². The highest BCUT2D eigenvalue weighted by molar-refractivity contribution is 5.92. The van der Waals surface area contributed by atoms with Crippen LogP contribution in [0.4, 0.5) is 0 Å². The fourth-order valence-corrected chi connectivity index (χ4v) is 3.47. The van der Waals surface area contributed by atoms with Gasteiger partial charge in [-0.1, -0.05) is 56.0 Å². The molecule has 1 heterocycles. The molecule has 4 nitrogen and oxygen atoms in total. The van der Waals surface area contributed by atoms with Crippen LogP contribution in [0.2, 0.25) is 0 Å². The molecule has 4 heteroatoms. The number of aromatic hydroxyl groups is 1. The first kappa shape index (κ1) is 20.5. The van der Waals surface area contributed by atoms with Gasteiger partial charge in [0.05, 0.1) is 19.9 Å². The third-order valence-electron chi connectivity index (χ3n) is 4.92. The van der Waals surface area contributed by atoms with Gasteiger partial charge in [0.1, 0.15) is 0 Å². The summed E-state index contributed by atoms with van der Waals surface area (Å²) in [6.45, 7) is 6.12. The first-order valence-electron chi connectivity index (χ1n) is 9.73. The van der Waals surface area contributed by atoms with Gasteiger partial charge in [-0.15, -0.1) is 0 Å². The zero-order valence-electron chi connectivity index (χ0n) is 17.2. The van der Waals surface area contributed by atoms with Gasteiger partial charge in [0.15, 0.2) is 11.5 Å². The molecular weight excluding hydrogens is 362 g/mol. The molecule has 0 saturated heterocycles. The highest BCUT2D eigenvalue weighted by Crippen LogP contribution is 2.38. The molecule has 0 aliphatic heterocycles. The second kappa shape index (κ2) is 9.28. The van der Waals surface area contributed by atoms with Crippen molar-refractivity contribution in [2.24, 2.45) is 0 Å². The summed E-state index contributed by atoms with van der Waals surface area (Å²) in [5.41, 5.74) is 3.54. The number of ether oxygens (including phenoxy) is 2. The van der Waals surface area contributed by atoms with E-state index < -0.39 is 0 Å². The van der Waals surface area contributed by atoms with E-state index in [0.717, 1.165) is 39.6 Å². The third-order valence-corrected chi connectivity index (χ3v) is 4.92. The zero-order chi connectivity index (χ0) is 20.8. The minimum atomic E-state index is 0.0500. The van der Waals surface area contributed by atoms with Crippen LogP contribution in [0, 0.1) is 0 Å². The van der Waals surface area contributed by atoms with Gasteiger partial charge in [-0.05, 0) is 41.5 Å². The predicted octanol–water partition coefficient (Wildman–Crippen LogP) is 5.62. The minimum absolute atomic E-state index is 0.0500. The molecule has 1 aliphatic rings. The van der Waals surface area contributed by atoms with Gasteiger partial charge in [-0.3, -0.25) is 0 Å². The van der Waals surface area contributed by atoms with E-state index in [1.807, 2.05) is 43.4 Å². The van der Waals surface area contributed by atoms with E-state index in [0.29, 0.717) is 24.3 Å². The molecule has 1 aromatic carbocycles. The molecule has 29 heavy (non-hydrogen) atoms. The van der Waals surface area contributed by atoms with Crippen LogP contribution >= 0.6 is 0 Å². The maximum absolute atomic E-state index is 10.8. The topological polar surface area (TPSA) is 51.6 Å². The highest BCUT2D eigenvalue weighted by atomic mass is 16.5. The molecular formula is C25H27NO3. The molecule has 2 aromatic rings. The molecule has 1 aromatic heterocycles. The Labute approximate surface area is 172 Å². The van der Waals surface area contributed by atoms with Crippen molar-refractivity contribution in [3.63, 3.8) is 0 Å². The van der Waals surface area contributed by atoms with E-state index in [4.69, 9.17) is 9.47 Å². The minimum Gasteiger partial charge on any atom is -0.493 e. The molecule has 0 radical (unpaired) electrons. The fourth-order valence-electron chi connectivity index (χ4n) is 3.47. The number of aryl methyl sites for hydroxylation is 1. The Hall–Kier alpha value is -3.27. The molecule has 0 bridgehead atoms. The molecule has 0 atom stereocenters. The van der Waals surface area contributed by atoms with Crippen LogP contribution in [0.3, 0.4) is 0 Å². The average Bonchev–Trinajstić information content (AvgIpc) is 2.73. The van der Waals surface area contributed by atoms with E-state index in [-0.39, 0.29) is 5.88 Å². The summed E-state index contributed by atoms with van der Waals surface area (Å²) in [4.78, 5) is 4.47. The van der Waals surface area contributed by atoms with Gasteiger partial charge in [0, 0.05) is 17.4 Å². The van der Waals surface area contributed by atoms with Crippen LogP contribution in [0.25, 0.3) is 10.8 Å². The van der Waals surface area contributed by atoms with Crippen LogP contribution in [0.5, 0.6) is 17.4 Å². The summed E-state index contributed by atoms with van der Waals surface area (Å²) in [5.74, 6) is 1.33. The van der Waals surface area contributed by atoms with Crippen molar-refractivity contribution < 1.29 is 14.6 Å². The van der Waals surface area contributed by atoms with Crippen molar-refractivity contribution in [2.75, 3.05) is 14.2 Å². The SMILES string of the molecule is C=C1/C=C\C=C/C/C=C\C(Cc2c(O)nc(CC)c3cc(OC)c(OC)cc23)=C/1. The van der Waals surface area contributed by atoms with Crippen molar-refractivity contribution in [2.45, 2.75) is 26.2 Å². The molecule has 0 unspecified atom stereocenters. The molecule has 150 valence electrons. The molecule has 0 spiro atoms. The van der Waals surface area contributed by atoms with E-state index >= 15 is 0 Å². The van der Waals surface area contributed by atoms with Gasteiger partial charge in [0.25, 0.3) is 0 Å². The molecule has 1 N–H and O–H groups in total. The first-order chi connectivity index (χ1) is 14.1. The number of nitrogens with zero attached hydrogens (tertiary/aromatic N) is 1. The van der Waals surface area contributed by atoms with E-state index in [9.17, 15) is 5.11 Å². The highest BCUT2D eigenvalue weighted by Gasteiger charge is 2.17.